The van der Waals surface area contributed by atoms with Gasteiger partial charge in [-0.15, -0.1) is 10.2 Å². The van der Waals surface area contributed by atoms with Crippen molar-refractivity contribution in [2.75, 3.05) is 11.2 Å². The summed E-state index contributed by atoms with van der Waals surface area (Å²) in [6.45, 7) is 0. The summed E-state index contributed by atoms with van der Waals surface area (Å²) in [6, 6.07) is 8.31. The van der Waals surface area contributed by atoms with Gasteiger partial charge in [0, 0.05) is 16.7 Å². The van der Waals surface area contributed by atoms with Gasteiger partial charge in [0.1, 0.15) is 0 Å². The molecule has 2 aromatic rings. The molecule has 6 heteroatoms. The summed E-state index contributed by atoms with van der Waals surface area (Å²) in [5.41, 5.74) is 4.78. The Bertz CT molecular complexity index is 606. The first-order chi connectivity index (χ1) is 9.31. The van der Waals surface area contributed by atoms with Crippen molar-refractivity contribution in [2.24, 2.45) is 0 Å². The molecular formula is C13H13ClN4S. The Morgan fingerprint density at radius 1 is 1.21 bits per heavy atom. The van der Waals surface area contributed by atoms with E-state index in [1.165, 1.54) is 18.4 Å². The van der Waals surface area contributed by atoms with Crippen molar-refractivity contribution in [2.45, 2.75) is 30.0 Å². The maximum absolute atomic E-state index is 5.94. The predicted octanol–water partition coefficient (Wildman–Crippen LogP) is 3.20. The van der Waals surface area contributed by atoms with Crippen molar-refractivity contribution in [1.82, 2.24) is 14.9 Å². The molecule has 1 unspecified atom stereocenters. The largest absolute Gasteiger partial charge is 0.314 e. The van der Waals surface area contributed by atoms with Crippen LogP contribution >= 0.6 is 23.4 Å². The van der Waals surface area contributed by atoms with Gasteiger partial charge in [-0.2, -0.15) is 0 Å². The second-order valence-corrected chi connectivity index (χ2v) is 6.42. The van der Waals surface area contributed by atoms with Crippen LogP contribution in [0.15, 0.2) is 29.4 Å². The van der Waals surface area contributed by atoms with E-state index >= 15 is 0 Å². The standard InChI is InChI=1S/C13H13ClN4S/c14-10-5-3-8(4-6-10)11-7-19-13-16-15-12(9-1-2-9)18(13)17-11/h3-6,9,11,17H,1-2,7H2. The molecule has 2 heterocycles. The molecule has 0 spiro atoms. The van der Waals surface area contributed by atoms with E-state index in [0.29, 0.717) is 5.92 Å². The van der Waals surface area contributed by atoms with Crippen molar-refractivity contribution in [3.05, 3.63) is 40.7 Å². The highest BCUT2D eigenvalue weighted by atomic mass is 35.5. The van der Waals surface area contributed by atoms with Gasteiger partial charge in [0.2, 0.25) is 5.16 Å². The second-order valence-electron chi connectivity index (χ2n) is 4.99. The third kappa shape index (κ3) is 2.11. The van der Waals surface area contributed by atoms with Crippen LogP contribution in [-0.2, 0) is 0 Å². The summed E-state index contributed by atoms with van der Waals surface area (Å²) in [6.07, 6.45) is 2.46. The second kappa shape index (κ2) is 4.42. The van der Waals surface area contributed by atoms with E-state index in [1.54, 1.807) is 11.8 Å². The molecule has 1 aliphatic heterocycles. The molecule has 1 atom stereocenters. The number of nitrogens with zero attached hydrogens (tertiary/aromatic N) is 3. The van der Waals surface area contributed by atoms with Crippen molar-refractivity contribution in [1.29, 1.82) is 0 Å². The molecule has 4 nitrogen and oxygen atoms in total. The minimum Gasteiger partial charge on any atom is -0.314 e. The molecule has 98 valence electrons. The van der Waals surface area contributed by atoms with Crippen LogP contribution in [0.2, 0.25) is 5.02 Å². The summed E-state index contributed by atoms with van der Waals surface area (Å²) in [7, 11) is 0. The average Bonchev–Trinajstić information content (AvgIpc) is 3.19. The van der Waals surface area contributed by atoms with Gasteiger partial charge in [0.05, 0.1) is 6.04 Å². The van der Waals surface area contributed by atoms with Crippen LogP contribution in [0.1, 0.15) is 36.2 Å². The third-order valence-corrected chi connectivity index (χ3v) is 4.81. The van der Waals surface area contributed by atoms with Crippen LogP contribution < -0.4 is 5.43 Å². The summed E-state index contributed by atoms with van der Waals surface area (Å²) in [4.78, 5) is 0. The molecule has 4 rings (SSSR count). The average molecular weight is 293 g/mol. The normalized spacial score (nSPS) is 21.8. The van der Waals surface area contributed by atoms with E-state index in [1.807, 2.05) is 12.1 Å². The maximum atomic E-state index is 5.94. The van der Waals surface area contributed by atoms with Gasteiger partial charge >= 0.3 is 0 Å². The lowest BCUT2D eigenvalue weighted by atomic mass is 10.1. The van der Waals surface area contributed by atoms with E-state index in [2.05, 4.69) is 32.4 Å². The first kappa shape index (κ1) is 11.6. The number of nitrogens with one attached hydrogen (secondary N) is 1. The Balaban J connectivity index is 1.63. The number of benzene rings is 1. The van der Waals surface area contributed by atoms with Crippen LogP contribution in [-0.4, -0.2) is 20.6 Å². The lowest BCUT2D eigenvalue weighted by Gasteiger charge is -2.26. The zero-order valence-corrected chi connectivity index (χ0v) is 11.8. The Morgan fingerprint density at radius 3 is 2.74 bits per heavy atom. The molecular weight excluding hydrogens is 280 g/mol. The van der Waals surface area contributed by atoms with Gasteiger partial charge in [-0.05, 0) is 30.5 Å². The quantitative estimate of drug-likeness (QED) is 0.923. The number of rotatable bonds is 2. The fourth-order valence-electron chi connectivity index (χ4n) is 2.32. The third-order valence-electron chi connectivity index (χ3n) is 3.54. The Morgan fingerprint density at radius 2 is 2.00 bits per heavy atom. The van der Waals surface area contributed by atoms with Gasteiger partial charge in [0.25, 0.3) is 0 Å². The Kier molecular flexibility index (Phi) is 2.70. The van der Waals surface area contributed by atoms with E-state index in [-0.39, 0.29) is 6.04 Å². The molecule has 1 aliphatic carbocycles. The zero-order valence-electron chi connectivity index (χ0n) is 10.2. The topological polar surface area (TPSA) is 42.7 Å². The first-order valence-corrected chi connectivity index (χ1v) is 7.78. The van der Waals surface area contributed by atoms with Gasteiger partial charge in [0.15, 0.2) is 5.82 Å². The predicted molar refractivity (Wildman–Crippen MR) is 76.3 cm³/mol. The minimum absolute atomic E-state index is 0.281. The van der Waals surface area contributed by atoms with Crippen LogP contribution in [0.25, 0.3) is 0 Å². The lowest BCUT2D eigenvalue weighted by molar-refractivity contribution is 0.633. The zero-order chi connectivity index (χ0) is 12.8. The summed E-state index contributed by atoms with van der Waals surface area (Å²) in [5.74, 6) is 2.64. The first-order valence-electron chi connectivity index (χ1n) is 6.41. The van der Waals surface area contributed by atoms with Gasteiger partial charge < -0.3 is 5.43 Å². The van der Waals surface area contributed by atoms with E-state index in [4.69, 9.17) is 11.6 Å². The number of fused-ring (bicyclic) bond motifs is 1. The van der Waals surface area contributed by atoms with Gasteiger partial charge in [-0.25, -0.2) is 4.68 Å². The highest BCUT2D eigenvalue weighted by molar-refractivity contribution is 7.99. The number of hydrogen-bond acceptors (Lipinski definition) is 4. The van der Waals surface area contributed by atoms with Gasteiger partial charge in [-0.1, -0.05) is 35.5 Å². The molecule has 1 fully saturated rings. The maximum Gasteiger partial charge on any atom is 0.210 e. The van der Waals surface area contributed by atoms with Crippen molar-refractivity contribution >= 4 is 23.4 Å². The lowest BCUT2D eigenvalue weighted by Crippen LogP contribution is -2.29. The SMILES string of the molecule is Clc1ccc(C2CSc3nnc(C4CC4)n3N2)cc1. The molecule has 0 radical (unpaired) electrons. The Hall–Kier alpha value is -1.20. The van der Waals surface area contributed by atoms with Crippen LogP contribution in [0.4, 0.5) is 0 Å². The van der Waals surface area contributed by atoms with Crippen molar-refractivity contribution in [3.8, 4) is 0 Å². The van der Waals surface area contributed by atoms with Crippen LogP contribution in [0, 0.1) is 0 Å². The highest BCUT2D eigenvalue weighted by Crippen LogP contribution is 2.41. The molecule has 1 N–H and O–H groups in total. The van der Waals surface area contributed by atoms with Crippen LogP contribution in [0.5, 0.6) is 0 Å². The smallest absolute Gasteiger partial charge is 0.210 e. The number of aromatic nitrogens is 3. The van der Waals surface area contributed by atoms with Crippen LogP contribution in [0.3, 0.4) is 0 Å². The number of thioether (sulfide) groups is 1. The molecule has 0 saturated heterocycles. The van der Waals surface area contributed by atoms with E-state index in [9.17, 15) is 0 Å². The number of hydrogen-bond donors (Lipinski definition) is 1. The van der Waals surface area contributed by atoms with E-state index in [0.717, 1.165) is 21.8 Å². The summed E-state index contributed by atoms with van der Waals surface area (Å²) >= 11 is 7.69. The van der Waals surface area contributed by atoms with Gasteiger partial charge in [-0.3, -0.25) is 0 Å². The van der Waals surface area contributed by atoms with E-state index < -0.39 is 0 Å². The monoisotopic (exact) mass is 292 g/mol. The Labute approximate surface area is 120 Å². The molecule has 1 saturated carbocycles. The molecule has 1 aromatic heterocycles. The molecule has 19 heavy (non-hydrogen) atoms. The summed E-state index contributed by atoms with van der Waals surface area (Å²) < 4.78 is 2.07. The highest BCUT2D eigenvalue weighted by Gasteiger charge is 2.33. The molecule has 2 aliphatic rings. The van der Waals surface area contributed by atoms with Crippen molar-refractivity contribution < 1.29 is 0 Å². The molecule has 1 aromatic carbocycles. The summed E-state index contributed by atoms with van der Waals surface area (Å²) in [5, 5.41) is 10.3. The minimum atomic E-state index is 0.281. The fraction of sp³-hybridized carbons (Fsp3) is 0.385. The number of halogens is 1. The molecule has 0 bridgehead atoms. The fourth-order valence-corrected chi connectivity index (χ4v) is 3.40. The molecule has 0 amide bonds. The van der Waals surface area contributed by atoms with Crippen molar-refractivity contribution in [3.63, 3.8) is 0 Å².